The van der Waals surface area contributed by atoms with Crippen LogP contribution in [0.3, 0.4) is 0 Å². The summed E-state index contributed by atoms with van der Waals surface area (Å²) in [4.78, 5) is 33.5. The highest BCUT2D eigenvalue weighted by atomic mass is 16.6. The molecule has 2 aromatic heterocycles. The number of anilines is 1. The van der Waals surface area contributed by atoms with Crippen LogP contribution in [0.25, 0.3) is 22.1 Å². The maximum Gasteiger partial charge on any atom is 0.330 e. The molecule has 2 aromatic carbocycles. The second-order valence-corrected chi connectivity index (χ2v) is 12.4. The summed E-state index contributed by atoms with van der Waals surface area (Å²) < 4.78 is 32.5. The predicted octanol–water partition coefficient (Wildman–Crippen LogP) is 5.01. The second kappa shape index (κ2) is 14.8. The van der Waals surface area contributed by atoms with Gasteiger partial charge in [0, 0.05) is 25.5 Å². The molecule has 0 saturated carbocycles. The number of fused-ring (bicyclic) bond motifs is 6. The molecule has 2 aliphatic rings. The van der Waals surface area contributed by atoms with E-state index in [0.29, 0.717) is 54.1 Å². The SMILES string of the molecule is CCN(CC)CC1COC2c3nc4c5ccccc5n(C)c4nc3N(Cc3cc(OC)c(OC)c(OC)c3)C(=O)N2C(CN(CC)CC)O1. The summed E-state index contributed by atoms with van der Waals surface area (Å²) in [6.07, 6.45) is -1.64. The van der Waals surface area contributed by atoms with Crippen molar-refractivity contribution in [2.75, 3.05) is 72.1 Å². The van der Waals surface area contributed by atoms with Crippen molar-refractivity contribution < 1.29 is 28.5 Å². The van der Waals surface area contributed by atoms with E-state index >= 15 is 4.79 Å². The van der Waals surface area contributed by atoms with Gasteiger partial charge in [0.25, 0.3) is 0 Å². The summed E-state index contributed by atoms with van der Waals surface area (Å²) in [5, 5.41) is 0.985. The number of carbonyl (C=O) groups is 1. The smallest absolute Gasteiger partial charge is 0.330 e. The number of rotatable bonds is 13. The summed E-state index contributed by atoms with van der Waals surface area (Å²) in [5.41, 5.74) is 3.78. The van der Waals surface area contributed by atoms with Crippen molar-refractivity contribution in [3.63, 3.8) is 0 Å². The largest absolute Gasteiger partial charge is 0.493 e. The van der Waals surface area contributed by atoms with Gasteiger partial charge in [0.2, 0.25) is 5.75 Å². The zero-order valence-electron chi connectivity index (χ0n) is 29.9. The number of urea groups is 1. The molecule has 13 nitrogen and oxygen atoms in total. The Kier molecular flexibility index (Phi) is 10.4. The number of aryl methyl sites for hydroxylation is 1. The van der Waals surface area contributed by atoms with E-state index in [4.69, 9.17) is 33.7 Å². The van der Waals surface area contributed by atoms with E-state index in [9.17, 15) is 0 Å². The Morgan fingerprint density at radius 2 is 1.55 bits per heavy atom. The number of para-hydroxylation sites is 1. The molecule has 6 rings (SSSR count). The summed E-state index contributed by atoms with van der Waals surface area (Å²) in [6.45, 7) is 13.6. The Morgan fingerprint density at radius 1 is 0.898 bits per heavy atom. The Hall–Kier alpha value is -4.17. The van der Waals surface area contributed by atoms with Gasteiger partial charge in [-0.25, -0.2) is 14.8 Å². The van der Waals surface area contributed by atoms with Crippen molar-refractivity contribution in [3.8, 4) is 17.2 Å². The van der Waals surface area contributed by atoms with Crippen molar-refractivity contribution >= 4 is 33.9 Å². The van der Waals surface area contributed by atoms with Crippen LogP contribution in [0.2, 0.25) is 0 Å². The van der Waals surface area contributed by atoms with Crippen LogP contribution in [0.5, 0.6) is 17.2 Å². The molecule has 264 valence electrons. The standard InChI is InChI=1S/C36H49N7O6/c1-9-40(10-2)20-24-22-48-35-31-34(38-33-30(37-31)25-15-13-14-16-26(25)39(33)5)42(36(44)43(35)29(49-24)21-41(11-3)12-4)19-23-17-27(45-6)32(47-8)28(18-23)46-7/h13-18,24,29,35H,9-12,19-22H2,1-8H3. The highest BCUT2D eigenvalue weighted by molar-refractivity contribution is 6.05. The Labute approximate surface area is 288 Å². The third-order valence-corrected chi connectivity index (χ3v) is 9.75. The third kappa shape index (κ3) is 6.36. The van der Waals surface area contributed by atoms with Gasteiger partial charge in [0.15, 0.2) is 29.2 Å². The number of nitrogens with zero attached hydrogens (tertiary/aromatic N) is 7. The van der Waals surface area contributed by atoms with Gasteiger partial charge in [-0.1, -0.05) is 45.9 Å². The second-order valence-electron chi connectivity index (χ2n) is 12.4. The maximum atomic E-state index is 15.0. The molecule has 2 amide bonds. The molecule has 13 heteroatoms. The van der Waals surface area contributed by atoms with Crippen LogP contribution >= 0.6 is 0 Å². The molecule has 0 spiro atoms. The van der Waals surface area contributed by atoms with Gasteiger partial charge >= 0.3 is 6.03 Å². The number of ether oxygens (including phenoxy) is 5. The van der Waals surface area contributed by atoms with Crippen LogP contribution in [0.15, 0.2) is 36.4 Å². The first-order chi connectivity index (χ1) is 23.8. The lowest BCUT2D eigenvalue weighted by Gasteiger charge is -2.43. The Bertz CT molecular complexity index is 1760. The van der Waals surface area contributed by atoms with Crippen molar-refractivity contribution in [2.24, 2.45) is 7.05 Å². The van der Waals surface area contributed by atoms with Crippen LogP contribution in [-0.2, 0) is 23.1 Å². The van der Waals surface area contributed by atoms with Crippen LogP contribution in [0, 0.1) is 0 Å². The van der Waals surface area contributed by atoms with Crippen molar-refractivity contribution in [1.82, 2.24) is 29.2 Å². The van der Waals surface area contributed by atoms with Crippen LogP contribution in [0.4, 0.5) is 10.6 Å². The van der Waals surface area contributed by atoms with E-state index in [-0.39, 0.29) is 18.7 Å². The molecular weight excluding hydrogens is 626 g/mol. The first kappa shape index (κ1) is 34.7. The Morgan fingerprint density at radius 3 is 2.18 bits per heavy atom. The average molecular weight is 676 g/mol. The number of amides is 2. The first-order valence-electron chi connectivity index (χ1n) is 17.2. The number of carbonyl (C=O) groups excluding carboxylic acids is 1. The van der Waals surface area contributed by atoms with Gasteiger partial charge in [-0.05, 0) is 49.9 Å². The summed E-state index contributed by atoms with van der Waals surface area (Å²) in [5.74, 6) is 1.91. The highest BCUT2D eigenvalue weighted by Crippen LogP contribution is 2.43. The normalized spacial score (nSPS) is 19.5. The molecule has 3 atom stereocenters. The van der Waals surface area contributed by atoms with E-state index in [2.05, 4.69) is 49.6 Å². The first-order valence-corrected chi connectivity index (χ1v) is 17.2. The molecule has 0 aliphatic carbocycles. The van der Waals surface area contributed by atoms with Crippen LogP contribution in [-0.4, -0.2) is 115 Å². The van der Waals surface area contributed by atoms with E-state index in [1.807, 2.05) is 35.9 Å². The summed E-state index contributed by atoms with van der Waals surface area (Å²) in [6, 6.07) is 11.5. The number of hydrogen-bond acceptors (Lipinski definition) is 10. The number of likely N-dealkylation sites (N-methyl/N-ethyl adjacent to an activating group) is 2. The molecule has 3 unspecified atom stereocenters. The fraction of sp³-hybridized carbons (Fsp3) is 0.528. The molecule has 4 aromatic rings. The Balaban J connectivity index is 1.53. The van der Waals surface area contributed by atoms with Gasteiger partial charge < -0.3 is 33.2 Å². The van der Waals surface area contributed by atoms with Crippen molar-refractivity contribution in [3.05, 3.63) is 47.7 Å². The zero-order chi connectivity index (χ0) is 34.8. The molecule has 0 N–H and O–H groups in total. The minimum atomic E-state index is -0.795. The molecule has 2 aliphatic heterocycles. The minimum absolute atomic E-state index is 0.163. The molecule has 0 radical (unpaired) electrons. The monoisotopic (exact) mass is 675 g/mol. The lowest BCUT2D eigenvalue weighted by atomic mass is 10.1. The summed E-state index contributed by atoms with van der Waals surface area (Å²) in [7, 11) is 6.69. The molecule has 1 fully saturated rings. The molecule has 0 bridgehead atoms. The lowest BCUT2D eigenvalue weighted by molar-refractivity contribution is -0.100. The fourth-order valence-electron chi connectivity index (χ4n) is 6.96. The minimum Gasteiger partial charge on any atom is -0.493 e. The third-order valence-electron chi connectivity index (χ3n) is 9.75. The number of aromatic nitrogens is 3. The number of methoxy groups -OCH3 is 3. The quantitative estimate of drug-likeness (QED) is 0.192. The van der Waals surface area contributed by atoms with E-state index in [1.54, 1.807) is 31.1 Å². The van der Waals surface area contributed by atoms with E-state index in [0.717, 1.165) is 48.2 Å². The molecule has 49 heavy (non-hydrogen) atoms. The lowest BCUT2D eigenvalue weighted by Crippen LogP contribution is -2.57. The fourth-order valence-corrected chi connectivity index (χ4v) is 6.96. The average Bonchev–Trinajstić information content (AvgIpc) is 3.28. The number of benzene rings is 2. The van der Waals surface area contributed by atoms with Crippen LogP contribution in [0.1, 0.15) is 45.2 Å². The van der Waals surface area contributed by atoms with Gasteiger partial charge in [0.05, 0.1) is 46.1 Å². The van der Waals surface area contributed by atoms with Gasteiger partial charge in [-0.15, -0.1) is 0 Å². The molecular formula is C36H49N7O6. The summed E-state index contributed by atoms with van der Waals surface area (Å²) >= 11 is 0. The van der Waals surface area contributed by atoms with Crippen molar-refractivity contribution in [2.45, 2.75) is 52.8 Å². The van der Waals surface area contributed by atoms with E-state index in [1.165, 1.54) is 0 Å². The van der Waals surface area contributed by atoms with Gasteiger partial charge in [-0.3, -0.25) is 14.7 Å². The molecule has 4 heterocycles. The number of hydrogen-bond donors (Lipinski definition) is 0. The van der Waals surface area contributed by atoms with E-state index < -0.39 is 12.5 Å². The predicted molar refractivity (Wildman–Crippen MR) is 188 cm³/mol. The van der Waals surface area contributed by atoms with Gasteiger partial charge in [-0.2, -0.15) is 0 Å². The topological polar surface area (TPSA) is 107 Å². The zero-order valence-corrected chi connectivity index (χ0v) is 29.9. The van der Waals surface area contributed by atoms with Crippen molar-refractivity contribution in [1.29, 1.82) is 0 Å². The van der Waals surface area contributed by atoms with Crippen LogP contribution < -0.4 is 19.1 Å². The molecule has 1 saturated heterocycles. The van der Waals surface area contributed by atoms with Gasteiger partial charge in [0.1, 0.15) is 17.4 Å². The highest BCUT2D eigenvalue weighted by Gasteiger charge is 2.48. The maximum absolute atomic E-state index is 15.0.